The predicted octanol–water partition coefficient (Wildman–Crippen LogP) is 12.6. The zero-order valence-corrected chi connectivity index (χ0v) is 38.2. The van der Waals surface area contributed by atoms with Crippen molar-refractivity contribution in [3.8, 4) is 0 Å². The van der Waals surface area contributed by atoms with E-state index in [2.05, 4.69) is 60.7 Å². The molecule has 0 saturated heterocycles. The van der Waals surface area contributed by atoms with E-state index in [-0.39, 0.29) is 12.5 Å². The fourth-order valence-electron chi connectivity index (χ4n) is 15.8. The summed E-state index contributed by atoms with van der Waals surface area (Å²) in [6.45, 7) is 20.8. The molecule has 5 fully saturated rings. The van der Waals surface area contributed by atoms with Crippen molar-refractivity contribution in [2.24, 2.45) is 62.6 Å². The Bertz CT molecular complexity index is 1220. The highest BCUT2D eigenvalue weighted by molar-refractivity contribution is 5.75. The number of rotatable bonds is 22. The number of carbonyl (C=O) groups excluding carboxylic acids is 1. The van der Waals surface area contributed by atoms with Gasteiger partial charge in [-0.15, -0.1) is 0 Å². The molecule has 5 heteroatoms. The fourth-order valence-corrected chi connectivity index (χ4v) is 15.8. The largest absolute Gasteiger partial charge is 0.390 e. The summed E-state index contributed by atoms with van der Waals surface area (Å²) in [5.41, 5.74) is 2.20. The van der Waals surface area contributed by atoms with Crippen LogP contribution in [0.2, 0.25) is 0 Å². The van der Waals surface area contributed by atoms with Crippen LogP contribution in [-0.2, 0) is 4.79 Å². The molecule has 5 aliphatic rings. The van der Waals surface area contributed by atoms with E-state index in [0.717, 1.165) is 42.9 Å². The molecule has 4 N–H and O–H groups in total. The van der Waals surface area contributed by atoms with Crippen LogP contribution in [0.4, 0.5) is 0 Å². The second kappa shape index (κ2) is 19.8. The molecule has 326 valence electrons. The molecule has 0 bridgehead atoms. The van der Waals surface area contributed by atoms with E-state index >= 15 is 0 Å². The summed E-state index contributed by atoms with van der Waals surface area (Å²) in [5, 5.41) is 35.4. The SMILES string of the molecule is CCCCCCCCCCCCCCCC(=O)NC[C@H](O)[C@H](O)[C@H](O)CCC(C)[C@H]1CC[C@@]2(C)C1CC[C@]1(C)[C@@H]2CC[C@@H]2[C@@]3(C)CCCC(C)(C)[C@@H]3CC[C@]21C. The van der Waals surface area contributed by atoms with Crippen LogP contribution in [-0.4, -0.2) is 46.1 Å². The highest BCUT2D eigenvalue weighted by Gasteiger charge is 2.70. The Balaban J connectivity index is 1.01. The van der Waals surface area contributed by atoms with Gasteiger partial charge in [0.25, 0.3) is 0 Å². The van der Waals surface area contributed by atoms with E-state index in [9.17, 15) is 20.1 Å². The molecule has 1 amide bonds. The molecule has 0 spiro atoms. The average Bonchev–Trinajstić information content (AvgIpc) is 3.51. The van der Waals surface area contributed by atoms with Crippen molar-refractivity contribution in [2.45, 2.75) is 247 Å². The van der Waals surface area contributed by atoms with Gasteiger partial charge in [-0.2, -0.15) is 0 Å². The summed E-state index contributed by atoms with van der Waals surface area (Å²) < 4.78 is 0. The monoisotopic (exact) mass is 784 g/mol. The van der Waals surface area contributed by atoms with E-state index in [1.807, 2.05) is 0 Å². The van der Waals surface area contributed by atoms with Gasteiger partial charge in [-0.3, -0.25) is 4.79 Å². The Labute approximate surface area is 346 Å². The molecule has 5 aliphatic carbocycles. The molecule has 0 aromatic heterocycles. The molecule has 5 saturated carbocycles. The maximum atomic E-state index is 12.5. The molecule has 0 aromatic carbocycles. The summed E-state index contributed by atoms with van der Waals surface area (Å²) >= 11 is 0. The van der Waals surface area contributed by atoms with Crippen molar-refractivity contribution in [1.29, 1.82) is 0 Å². The van der Waals surface area contributed by atoms with Crippen LogP contribution in [0.1, 0.15) is 229 Å². The number of nitrogens with one attached hydrogen (secondary N) is 1. The van der Waals surface area contributed by atoms with Crippen LogP contribution in [0, 0.1) is 62.6 Å². The lowest BCUT2D eigenvalue weighted by molar-refractivity contribution is -0.241. The van der Waals surface area contributed by atoms with E-state index < -0.39 is 18.3 Å². The Morgan fingerprint density at radius 3 is 1.77 bits per heavy atom. The summed E-state index contributed by atoms with van der Waals surface area (Å²) in [6.07, 6.45) is 30.3. The molecule has 56 heavy (non-hydrogen) atoms. The Kier molecular flexibility index (Phi) is 16.4. The lowest BCUT2D eigenvalue weighted by Gasteiger charge is -2.73. The summed E-state index contributed by atoms with van der Waals surface area (Å²) in [5.74, 6) is 4.35. The van der Waals surface area contributed by atoms with E-state index in [4.69, 9.17) is 0 Å². The molecular weight excluding hydrogens is 691 g/mol. The highest BCUT2D eigenvalue weighted by atomic mass is 16.4. The number of fused-ring (bicyclic) bond motifs is 7. The van der Waals surface area contributed by atoms with Gasteiger partial charge in [0.15, 0.2) is 0 Å². The van der Waals surface area contributed by atoms with Gasteiger partial charge in [0.05, 0.1) is 12.2 Å². The van der Waals surface area contributed by atoms with Gasteiger partial charge in [0.2, 0.25) is 5.91 Å². The van der Waals surface area contributed by atoms with Crippen molar-refractivity contribution in [1.82, 2.24) is 5.32 Å². The van der Waals surface area contributed by atoms with Crippen molar-refractivity contribution in [2.75, 3.05) is 6.54 Å². The zero-order chi connectivity index (χ0) is 40.8. The van der Waals surface area contributed by atoms with Crippen LogP contribution < -0.4 is 5.32 Å². The minimum Gasteiger partial charge on any atom is -0.390 e. The summed E-state index contributed by atoms with van der Waals surface area (Å²) in [4.78, 5) is 12.5. The minimum atomic E-state index is -1.24. The third kappa shape index (κ3) is 9.77. The maximum Gasteiger partial charge on any atom is 0.220 e. The Hall–Kier alpha value is -0.650. The lowest BCUT2D eigenvalue weighted by atomic mass is 9.32. The van der Waals surface area contributed by atoms with Crippen molar-refractivity contribution >= 4 is 5.91 Å². The standard InChI is InChI=1S/C51H93NO4/c1-9-10-11-12-13-14-15-16-17-18-19-20-21-23-45(55)52-36-41(54)46(56)40(53)25-24-37(2)38-28-33-48(5)39(38)29-34-50(7)43(48)26-27-44-49(6)32-22-31-47(3,4)42(49)30-35-51(44,50)8/h37-44,46,53-54,56H,9-36H2,1-8H3,(H,52,55)/t37?,38-,39?,40-,41+,42+,43-,44-,46-,48+,49+,50-,51-/m1/s1. The van der Waals surface area contributed by atoms with Gasteiger partial charge >= 0.3 is 0 Å². The first kappa shape index (κ1) is 46.4. The summed E-state index contributed by atoms with van der Waals surface area (Å²) in [7, 11) is 0. The van der Waals surface area contributed by atoms with Gasteiger partial charge < -0.3 is 20.6 Å². The first-order chi connectivity index (χ1) is 26.5. The minimum absolute atomic E-state index is 0.00832. The number of amides is 1. The smallest absolute Gasteiger partial charge is 0.220 e. The second-order valence-electron chi connectivity index (χ2n) is 22.8. The number of hydrogen-bond donors (Lipinski definition) is 4. The summed E-state index contributed by atoms with van der Waals surface area (Å²) in [6, 6.07) is 0. The molecule has 5 nitrogen and oxygen atoms in total. The van der Waals surface area contributed by atoms with Crippen LogP contribution in [0.15, 0.2) is 0 Å². The Morgan fingerprint density at radius 2 is 1.16 bits per heavy atom. The van der Waals surface area contributed by atoms with Gasteiger partial charge in [0.1, 0.15) is 6.10 Å². The lowest BCUT2D eigenvalue weighted by Crippen LogP contribution is -2.65. The number of aliphatic hydroxyl groups excluding tert-OH is 3. The molecular formula is C51H93NO4. The second-order valence-corrected chi connectivity index (χ2v) is 22.8. The number of carbonyl (C=O) groups is 1. The highest BCUT2D eigenvalue weighted by Crippen LogP contribution is 2.78. The fraction of sp³-hybridized carbons (Fsp3) is 0.980. The predicted molar refractivity (Wildman–Crippen MR) is 234 cm³/mol. The third-order valence-corrected chi connectivity index (χ3v) is 19.2. The topological polar surface area (TPSA) is 89.8 Å². The molecule has 5 rings (SSSR count). The number of hydrogen-bond acceptors (Lipinski definition) is 4. The average molecular weight is 784 g/mol. The molecule has 0 aliphatic heterocycles. The molecule has 2 unspecified atom stereocenters. The molecule has 13 atom stereocenters. The molecule has 0 aromatic rings. The van der Waals surface area contributed by atoms with Crippen LogP contribution in [0.3, 0.4) is 0 Å². The van der Waals surface area contributed by atoms with Crippen molar-refractivity contribution < 1.29 is 20.1 Å². The van der Waals surface area contributed by atoms with E-state index in [1.54, 1.807) is 0 Å². The van der Waals surface area contributed by atoms with Crippen LogP contribution in [0.25, 0.3) is 0 Å². The first-order valence-electron chi connectivity index (χ1n) is 24.9. The third-order valence-electron chi connectivity index (χ3n) is 19.2. The van der Waals surface area contributed by atoms with E-state index in [0.29, 0.717) is 51.8 Å². The van der Waals surface area contributed by atoms with Gasteiger partial charge in [0, 0.05) is 13.0 Å². The quantitative estimate of drug-likeness (QED) is 0.0823. The van der Waals surface area contributed by atoms with Crippen LogP contribution in [0.5, 0.6) is 0 Å². The van der Waals surface area contributed by atoms with Gasteiger partial charge in [-0.05, 0) is 146 Å². The zero-order valence-electron chi connectivity index (χ0n) is 38.2. The van der Waals surface area contributed by atoms with E-state index in [1.165, 1.54) is 141 Å². The number of unbranched alkanes of at least 4 members (excludes halogenated alkanes) is 12. The maximum absolute atomic E-state index is 12.5. The van der Waals surface area contributed by atoms with Crippen LogP contribution >= 0.6 is 0 Å². The van der Waals surface area contributed by atoms with Gasteiger partial charge in [-0.1, -0.05) is 139 Å². The molecule has 0 radical (unpaired) electrons. The van der Waals surface area contributed by atoms with Crippen molar-refractivity contribution in [3.63, 3.8) is 0 Å². The normalized spacial score (nSPS) is 38.4. The number of aliphatic hydroxyl groups is 3. The Morgan fingerprint density at radius 1 is 0.607 bits per heavy atom. The van der Waals surface area contributed by atoms with Crippen molar-refractivity contribution in [3.05, 3.63) is 0 Å². The van der Waals surface area contributed by atoms with Gasteiger partial charge in [-0.25, -0.2) is 0 Å². The first-order valence-corrected chi connectivity index (χ1v) is 24.9. The molecule has 0 heterocycles.